The number of piperidine rings is 1. The highest BCUT2D eigenvalue weighted by molar-refractivity contribution is 5.81. The lowest BCUT2D eigenvalue weighted by Gasteiger charge is -2.35. The SMILES string of the molecule is Cc1cc2oc(=O)cc(CN3CCCC(C4(O)CC4)C3)c2cc1C. The lowest BCUT2D eigenvalue weighted by Crippen LogP contribution is -2.41. The summed E-state index contributed by atoms with van der Waals surface area (Å²) in [5.74, 6) is 0.376. The van der Waals surface area contributed by atoms with Crippen molar-refractivity contribution < 1.29 is 9.52 Å². The van der Waals surface area contributed by atoms with Crippen LogP contribution in [0, 0.1) is 19.8 Å². The lowest BCUT2D eigenvalue weighted by molar-refractivity contribution is 0.0293. The van der Waals surface area contributed by atoms with Gasteiger partial charge in [-0.3, -0.25) is 4.90 Å². The van der Waals surface area contributed by atoms with Gasteiger partial charge in [-0.15, -0.1) is 0 Å². The van der Waals surface area contributed by atoms with E-state index in [2.05, 4.69) is 17.9 Å². The molecule has 1 saturated heterocycles. The molecule has 0 radical (unpaired) electrons. The molecule has 1 N–H and O–H groups in total. The molecule has 2 aliphatic rings. The van der Waals surface area contributed by atoms with Crippen molar-refractivity contribution in [2.24, 2.45) is 5.92 Å². The molecule has 1 aliphatic heterocycles. The van der Waals surface area contributed by atoms with Crippen LogP contribution in [-0.4, -0.2) is 28.7 Å². The molecule has 0 amide bonds. The van der Waals surface area contributed by atoms with Gasteiger partial charge in [0, 0.05) is 30.5 Å². The largest absolute Gasteiger partial charge is 0.423 e. The molecule has 4 nitrogen and oxygen atoms in total. The van der Waals surface area contributed by atoms with Crippen LogP contribution in [-0.2, 0) is 6.54 Å². The standard InChI is InChI=1S/C20H25NO3/c1-13-8-17-15(10-19(22)24-18(17)9-14(13)2)11-21-7-3-4-16(12-21)20(23)5-6-20/h8-10,16,23H,3-7,11-12H2,1-2H3. The first kappa shape index (κ1) is 15.9. The fraction of sp³-hybridized carbons (Fsp3) is 0.550. The van der Waals surface area contributed by atoms with Crippen LogP contribution in [0.15, 0.2) is 27.4 Å². The van der Waals surface area contributed by atoms with E-state index in [-0.39, 0.29) is 5.63 Å². The van der Waals surface area contributed by atoms with Crippen molar-refractivity contribution in [3.8, 4) is 0 Å². The molecule has 1 aliphatic carbocycles. The van der Waals surface area contributed by atoms with Crippen LogP contribution in [0.4, 0.5) is 0 Å². The van der Waals surface area contributed by atoms with Crippen LogP contribution in [0.5, 0.6) is 0 Å². The zero-order valence-electron chi connectivity index (χ0n) is 14.5. The molecule has 2 aromatic rings. The van der Waals surface area contributed by atoms with Gasteiger partial charge in [-0.25, -0.2) is 4.79 Å². The summed E-state index contributed by atoms with van der Waals surface area (Å²) in [5, 5.41) is 11.5. The predicted octanol–water partition coefficient (Wildman–Crippen LogP) is 3.15. The number of nitrogens with zero attached hydrogens (tertiary/aromatic N) is 1. The van der Waals surface area contributed by atoms with Gasteiger partial charge in [0.1, 0.15) is 5.58 Å². The second kappa shape index (κ2) is 5.71. The molecule has 4 heteroatoms. The van der Waals surface area contributed by atoms with Crippen LogP contribution in [0.2, 0.25) is 0 Å². The average molecular weight is 327 g/mol. The summed E-state index contributed by atoms with van der Waals surface area (Å²) in [7, 11) is 0. The van der Waals surface area contributed by atoms with E-state index in [1.165, 1.54) is 5.56 Å². The molecule has 0 spiro atoms. The van der Waals surface area contributed by atoms with E-state index >= 15 is 0 Å². The maximum Gasteiger partial charge on any atom is 0.336 e. The van der Waals surface area contributed by atoms with Gasteiger partial charge in [0.15, 0.2) is 0 Å². The quantitative estimate of drug-likeness (QED) is 0.880. The molecule has 2 heterocycles. The van der Waals surface area contributed by atoms with E-state index in [1.807, 2.05) is 13.0 Å². The normalized spacial score (nSPS) is 23.5. The molecule has 24 heavy (non-hydrogen) atoms. The predicted molar refractivity (Wildman–Crippen MR) is 94.1 cm³/mol. The number of rotatable bonds is 3. The Morgan fingerprint density at radius 2 is 2.00 bits per heavy atom. The highest BCUT2D eigenvalue weighted by Crippen LogP contribution is 2.45. The Morgan fingerprint density at radius 3 is 2.75 bits per heavy atom. The van der Waals surface area contributed by atoms with Gasteiger partial charge < -0.3 is 9.52 Å². The van der Waals surface area contributed by atoms with E-state index in [0.29, 0.717) is 11.5 Å². The third-order valence-corrected chi connectivity index (χ3v) is 5.87. The first-order valence-electron chi connectivity index (χ1n) is 8.93. The molecule has 0 bridgehead atoms. The number of likely N-dealkylation sites (tertiary alicyclic amines) is 1. The fourth-order valence-corrected chi connectivity index (χ4v) is 4.03. The van der Waals surface area contributed by atoms with Crippen LogP contribution >= 0.6 is 0 Å². The maximum atomic E-state index is 12.0. The smallest absolute Gasteiger partial charge is 0.336 e. The Balaban J connectivity index is 1.64. The summed E-state index contributed by atoms with van der Waals surface area (Å²) < 4.78 is 5.40. The Kier molecular flexibility index (Phi) is 3.77. The zero-order chi connectivity index (χ0) is 16.9. The topological polar surface area (TPSA) is 53.7 Å². The summed E-state index contributed by atoms with van der Waals surface area (Å²) in [6.07, 6.45) is 4.12. The van der Waals surface area contributed by atoms with Gasteiger partial charge in [-0.2, -0.15) is 0 Å². The highest BCUT2D eigenvalue weighted by atomic mass is 16.4. The van der Waals surface area contributed by atoms with E-state index < -0.39 is 5.60 Å². The second-order valence-corrected chi connectivity index (χ2v) is 7.70. The summed E-state index contributed by atoms with van der Waals surface area (Å²) in [6, 6.07) is 5.72. The number of hydrogen-bond acceptors (Lipinski definition) is 4. The molecule has 1 aromatic carbocycles. The van der Waals surface area contributed by atoms with Crippen molar-refractivity contribution in [2.75, 3.05) is 13.1 Å². The number of aryl methyl sites for hydroxylation is 2. The minimum absolute atomic E-state index is 0.282. The fourth-order valence-electron chi connectivity index (χ4n) is 4.03. The highest BCUT2D eigenvalue weighted by Gasteiger charge is 2.48. The van der Waals surface area contributed by atoms with Crippen LogP contribution in [0.1, 0.15) is 42.4 Å². The van der Waals surface area contributed by atoms with Crippen LogP contribution in [0.25, 0.3) is 11.0 Å². The van der Waals surface area contributed by atoms with Crippen molar-refractivity contribution in [1.29, 1.82) is 0 Å². The number of fused-ring (bicyclic) bond motifs is 1. The third-order valence-electron chi connectivity index (χ3n) is 5.87. The molecule has 1 unspecified atom stereocenters. The number of aliphatic hydroxyl groups is 1. The summed E-state index contributed by atoms with van der Waals surface area (Å²) in [6.45, 7) is 6.82. The monoisotopic (exact) mass is 327 g/mol. The molecule has 2 fully saturated rings. The van der Waals surface area contributed by atoms with Gasteiger partial charge in [-0.05, 0) is 74.9 Å². The van der Waals surface area contributed by atoms with Crippen molar-refractivity contribution in [1.82, 2.24) is 4.90 Å². The second-order valence-electron chi connectivity index (χ2n) is 7.70. The van der Waals surface area contributed by atoms with Crippen molar-refractivity contribution >= 4 is 11.0 Å². The summed E-state index contributed by atoms with van der Waals surface area (Å²) >= 11 is 0. The van der Waals surface area contributed by atoms with E-state index in [4.69, 9.17) is 4.42 Å². The van der Waals surface area contributed by atoms with E-state index in [0.717, 1.165) is 61.8 Å². The number of benzene rings is 1. The molecule has 1 atom stereocenters. The Morgan fingerprint density at radius 1 is 1.25 bits per heavy atom. The van der Waals surface area contributed by atoms with E-state index in [9.17, 15) is 9.90 Å². The summed E-state index contributed by atoms with van der Waals surface area (Å²) in [4.78, 5) is 14.3. The molecular weight excluding hydrogens is 302 g/mol. The van der Waals surface area contributed by atoms with Gasteiger partial charge in [-0.1, -0.05) is 0 Å². The Bertz CT molecular complexity index is 835. The molecule has 128 valence electrons. The van der Waals surface area contributed by atoms with Crippen molar-refractivity contribution in [3.05, 3.63) is 45.3 Å². The molecule has 1 aromatic heterocycles. The molecule has 4 rings (SSSR count). The Hall–Kier alpha value is -1.65. The minimum atomic E-state index is -0.413. The third kappa shape index (κ3) is 2.89. The first-order chi connectivity index (χ1) is 11.4. The average Bonchev–Trinajstić information content (AvgIpc) is 3.29. The van der Waals surface area contributed by atoms with Gasteiger partial charge >= 0.3 is 5.63 Å². The molecular formula is C20H25NO3. The minimum Gasteiger partial charge on any atom is -0.423 e. The van der Waals surface area contributed by atoms with Crippen molar-refractivity contribution in [3.63, 3.8) is 0 Å². The lowest BCUT2D eigenvalue weighted by atomic mass is 9.90. The zero-order valence-corrected chi connectivity index (χ0v) is 14.5. The first-order valence-corrected chi connectivity index (χ1v) is 8.93. The summed E-state index contributed by atoms with van der Waals surface area (Å²) in [5.41, 5.74) is 3.36. The van der Waals surface area contributed by atoms with Gasteiger partial charge in [0.05, 0.1) is 5.60 Å². The van der Waals surface area contributed by atoms with E-state index in [1.54, 1.807) is 6.07 Å². The van der Waals surface area contributed by atoms with Crippen molar-refractivity contribution in [2.45, 2.75) is 51.7 Å². The molecule has 1 saturated carbocycles. The van der Waals surface area contributed by atoms with Crippen LogP contribution in [0.3, 0.4) is 0 Å². The maximum absolute atomic E-state index is 12.0. The van der Waals surface area contributed by atoms with Gasteiger partial charge in [0.2, 0.25) is 0 Å². The van der Waals surface area contributed by atoms with Gasteiger partial charge in [0.25, 0.3) is 0 Å². The Labute approximate surface area is 142 Å². The number of hydrogen-bond donors (Lipinski definition) is 1. The van der Waals surface area contributed by atoms with Crippen LogP contribution < -0.4 is 5.63 Å².